The highest BCUT2D eigenvalue weighted by molar-refractivity contribution is 5.87. The van der Waals surface area contributed by atoms with E-state index in [2.05, 4.69) is 15.7 Å². The third-order valence-electron chi connectivity index (χ3n) is 3.84. The number of aliphatic carboxylic acids is 1. The average molecular weight is 280 g/mol. The number of carboxylic acid groups (broad SMARTS) is 1. The molecule has 0 spiro atoms. The van der Waals surface area contributed by atoms with E-state index in [-0.39, 0.29) is 5.91 Å². The lowest BCUT2D eigenvalue weighted by atomic mass is 9.80. The predicted octanol–water partition coefficient (Wildman–Crippen LogP) is 0.0517. The van der Waals surface area contributed by atoms with Gasteiger partial charge in [-0.05, 0) is 25.9 Å². The van der Waals surface area contributed by atoms with Crippen LogP contribution in [0.25, 0.3) is 0 Å². The van der Waals surface area contributed by atoms with E-state index in [0.29, 0.717) is 18.4 Å². The number of nitrogens with zero attached hydrogens (tertiary/aromatic N) is 2. The van der Waals surface area contributed by atoms with E-state index < -0.39 is 17.4 Å². The second-order valence-corrected chi connectivity index (χ2v) is 5.50. The summed E-state index contributed by atoms with van der Waals surface area (Å²) < 4.78 is 1.52. The number of carboxylic acids is 1. The van der Waals surface area contributed by atoms with Gasteiger partial charge in [0.25, 0.3) is 0 Å². The standard InChI is InChI=1S/C13H20N4O3/c1-13(3-5-14-6-4-13)12(20)16-10(11(18)19)9-7-15-17(2)8-9/h7-8,10,14H,3-6H2,1-2H3,(H,16,20)(H,18,19). The Morgan fingerprint density at radius 2 is 2.15 bits per heavy atom. The van der Waals surface area contributed by atoms with Gasteiger partial charge in [0.2, 0.25) is 5.91 Å². The Hall–Kier alpha value is -1.89. The van der Waals surface area contributed by atoms with Gasteiger partial charge in [0, 0.05) is 24.2 Å². The normalized spacial score (nSPS) is 19.3. The van der Waals surface area contributed by atoms with Gasteiger partial charge in [0.15, 0.2) is 6.04 Å². The summed E-state index contributed by atoms with van der Waals surface area (Å²) in [4.78, 5) is 23.8. The van der Waals surface area contributed by atoms with Crippen molar-refractivity contribution in [3.05, 3.63) is 18.0 Å². The topological polar surface area (TPSA) is 96.2 Å². The number of rotatable bonds is 4. The largest absolute Gasteiger partial charge is 0.479 e. The van der Waals surface area contributed by atoms with Crippen LogP contribution in [0.15, 0.2) is 12.4 Å². The van der Waals surface area contributed by atoms with Crippen molar-refractivity contribution in [2.45, 2.75) is 25.8 Å². The van der Waals surface area contributed by atoms with Gasteiger partial charge in [0.05, 0.1) is 6.20 Å². The first-order valence-electron chi connectivity index (χ1n) is 6.65. The quantitative estimate of drug-likeness (QED) is 0.724. The van der Waals surface area contributed by atoms with Gasteiger partial charge in [0.1, 0.15) is 0 Å². The minimum absolute atomic E-state index is 0.213. The second-order valence-electron chi connectivity index (χ2n) is 5.50. The zero-order chi connectivity index (χ0) is 14.8. The number of carbonyl (C=O) groups excluding carboxylic acids is 1. The molecule has 1 amide bonds. The summed E-state index contributed by atoms with van der Waals surface area (Å²) in [5.74, 6) is -1.29. The van der Waals surface area contributed by atoms with Gasteiger partial charge >= 0.3 is 5.97 Å². The molecule has 1 saturated heterocycles. The molecule has 1 atom stereocenters. The smallest absolute Gasteiger partial charge is 0.331 e. The minimum Gasteiger partial charge on any atom is -0.479 e. The van der Waals surface area contributed by atoms with Crippen molar-refractivity contribution < 1.29 is 14.7 Å². The fourth-order valence-corrected chi connectivity index (χ4v) is 2.39. The summed E-state index contributed by atoms with van der Waals surface area (Å²) in [5.41, 5.74) is -0.0351. The summed E-state index contributed by atoms with van der Waals surface area (Å²) in [6, 6.07) is -1.05. The van der Waals surface area contributed by atoms with Gasteiger partial charge in [-0.1, -0.05) is 6.92 Å². The molecule has 2 heterocycles. The molecule has 7 heteroatoms. The number of aryl methyl sites for hydroxylation is 1. The fraction of sp³-hybridized carbons (Fsp3) is 0.615. The Balaban J connectivity index is 2.12. The summed E-state index contributed by atoms with van der Waals surface area (Å²) >= 11 is 0. The first-order chi connectivity index (χ1) is 9.42. The van der Waals surface area contributed by atoms with E-state index in [4.69, 9.17) is 0 Å². The first kappa shape index (κ1) is 14.5. The molecule has 0 radical (unpaired) electrons. The lowest BCUT2D eigenvalue weighted by Crippen LogP contribution is -2.47. The molecule has 1 unspecified atom stereocenters. The van der Waals surface area contributed by atoms with Crippen molar-refractivity contribution >= 4 is 11.9 Å². The van der Waals surface area contributed by atoms with Crippen LogP contribution in [0, 0.1) is 5.41 Å². The van der Waals surface area contributed by atoms with Gasteiger partial charge in [-0.2, -0.15) is 5.10 Å². The molecular formula is C13H20N4O3. The Morgan fingerprint density at radius 3 is 2.65 bits per heavy atom. The van der Waals surface area contributed by atoms with Crippen LogP contribution in [-0.4, -0.2) is 39.9 Å². The molecule has 1 fully saturated rings. The number of hydrogen-bond donors (Lipinski definition) is 3. The van der Waals surface area contributed by atoms with Crippen LogP contribution in [0.3, 0.4) is 0 Å². The Kier molecular flexibility index (Phi) is 4.08. The van der Waals surface area contributed by atoms with E-state index in [1.165, 1.54) is 10.9 Å². The molecule has 110 valence electrons. The molecule has 1 aromatic rings. The van der Waals surface area contributed by atoms with E-state index in [9.17, 15) is 14.7 Å². The molecule has 0 aliphatic carbocycles. The highest BCUT2D eigenvalue weighted by Gasteiger charge is 2.37. The van der Waals surface area contributed by atoms with E-state index >= 15 is 0 Å². The third-order valence-corrected chi connectivity index (χ3v) is 3.84. The number of nitrogens with one attached hydrogen (secondary N) is 2. The van der Waals surface area contributed by atoms with E-state index in [0.717, 1.165) is 13.1 Å². The van der Waals surface area contributed by atoms with Crippen LogP contribution in [0.4, 0.5) is 0 Å². The molecule has 3 N–H and O–H groups in total. The first-order valence-corrected chi connectivity index (χ1v) is 6.65. The predicted molar refractivity (Wildman–Crippen MR) is 71.9 cm³/mol. The van der Waals surface area contributed by atoms with Crippen molar-refractivity contribution in [2.75, 3.05) is 13.1 Å². The molecule has 0 aromatic carbocycles. The SMILES string of the molecule is Cn1cc(C(NC(=O)C2(C)CCNCC2)C(=O)O)cn1. The monoisotopic (exact) mass is 280 g/mol. The number of aromatic nitrogens is 2. The fourth-order valence-electron chi connectivity index (χ4n) is 2.39. The van der Waals surface area contributed by atoms with Gasteiger partial charge in [-0.25, -0.2) is 4.79 Å². The van der Waals surface area contributed by atoms with E-state index in [1.54, 1.807) is 13.2 Å². The maximum Gasteiger partial charge on any atom is 0.331 e. The maximum absolute atomic E-state index is 12.4. The van der Waals surface area contributed by atoms with Gasteiger partial charge in [-0.3, -0.25) is 9.48 Å². The molecule has 0 saturated carbocycles. The summed E-state index contributed by atoms with van der Waals surface area (Å²) in [5, 5.41) is 19.1. The Morgan fingerprint density at radius 1 is 1.50 bits per heavy atom. The van der Waals surface area contributed by atoms with Crippen molar-refractivity contribution in [3.63, 3.8) is 0 Å². The molecule has 0 bridgehead atoms. The molecular weight excluding hydrogens is 260 g/mol. The van der Waals surface area contributed by atoms with Gasteiger partial charge in [-0.15, -0.1) is 0 Å². The minimum atomic E-state index is -1.08. The number of amides is 1. The highest BCUT2D eigenvalue weighted by atomic mass is 16.4. The van der Waals surface area contributed by atoms with E-state index in [1.807, 2.05) is 6.92 Å². The highest BCUT2D eigenvalue weighted by Crippen LogP contribution is 2.29. The third kappa shape index (κ3) is 2.98. The number of piperidine rings is 1. The zero-order valence-electron chi connectivity index (χ0n) is 11.7. The molecule has 20 heavy (non-hydrogen) atoms. The zero-order valence-corrected chi connectivity index (χ0v) is 11.7. The van der Waals surface area contributed by atoms with Crippen LogP contribution >= 0.6 is 0 Å². The summed E-state index contributed by atoms with van der Waals surface area (Å²) in [6.45, 7) is 3.43. The second kappa shape index (κ2) is 5.62. The molecule has 1 aliphatic heterocycles. The lowest BCUT2D eigenvalue weighted by molar-refractivity contribution is -0.144. The van der Waals surface area contributed by atoms with Crippen molar-refractivity contribution in [3.8, 4) is 0 Å². The lowest BCUT2D eigenvalue weighted by Gasteiger charge is -2.33. The maximum atomic E-state index is 12.4. The number of hydrogen-bond acceptors (Lipinski definition) is 4. The van der Waals surface area contributed by atoms with Crippen LogP contribution in [-0.2, 0) is 16.6 Å². The molecule has 1 aliphatic rings. The van der Waals surface area contributed by atoms with Crippen molar-refractivity contribution in [1.29, 1.82) is 0 Å². The summed E-state index contributed by atoms with van der Waals surface area (Å²) in [7, 11) is 1.71. The van der Waals surface area contributed by atoms with Crippen LogP contribution in [0.2, 0.25) is 0 Å². The van der Waals surface area contributed by atoms with Gasteiger partial charge < -0.3 is 15.7 Å². The Bertz CT molecular complexity index is 505. The molecule has 7 nitrogen and oxygen atoms in total. The molecule has 1 aromatic heterocycles. The van der Waals surface area contributed by atoms with Crippen LogP contribution in [0.5, 0.6) is 0 Å². The van der Waals surface area contributed by atoms with Crippen LogP contribution < -0.4 is 10.6 Å². The molecule has 2 rings (SSSR count). The average Bonchev–Trinajstić information content (AvgIpc) is 2.82. The van der Waals surface area contributed by atoms with Crippen molar-refractivity contribution in [2.24, 2.45) is 12.5 Å². The summed E-state index contributed by atoms with van der Waals surface area (Å²) in [6.07, 6.45) is 4.48. The van der Waals surface area contributed by atoms with Crippen LogP contribution in [0.1, 0.15) is 31.4 Å². The number of carbonyl (C=O) groups is 2. The Labute approximate surface area is 117 Å². The van der Waals surface area contributed by atoms with Crippen molar-refractivity contribution in [1.82, 2.24) is 20.4 Å².